The van der Waals surface area contributed by atoms with Gasteiger partial charge in [0.1, 0.15) is 5.82 Å². The van der Waals surface area contributed by atoms with Gasteiger partial charge in [-0.2, -0.15) is 0 Å². The minimum atomic E-state index is -0.0961. The molecule has 0 saturated carbocycles. The molecule has 27 heavy (non-hydrogen) atoms. The van der Waals surface area contributed by atoms with Crippen LogP contribution in [-0.2, 0) is 9.59 Å². The maximum atomic E-state index is 12.8. The topological polar surface area (TPSA) is 65.5 Å². The van der Waals surface area contributed by atoms with Gasteiger partial charge in [0.25, 0.3) is 0 Å². The van der Waals surface area contributed by atoms with Crippen molar-refractivity contribution >= 4 is 17.6 Å². The standard InChI is InChI=1S/C21H32N4O2/c1-15-6-10-25(11-7-15)21(27)17(3)24-12-8-18(9-13-24)20(26)23-19-5-4-16(2)14-22-19/h4-5,14-15,17-18H,6-13H2,1-3H3,(H,22,23,26). The third-order valence-corrected chi connectivity index (χ3v) is 6.06. The smallest absolute Gasteiger partial charge is 0.239 e. The average molecular weight is 373 g/mol. The highest BCUT2D eigenvalue weighted by molar-refractivity contribution is 5.91. The zero-order valence-corrected chi connectivity index (χ0v) is 16.8. The molecule has 0 aromatic carbocycles. The van der Waals surface area contributed by atoms with Crippen LogP contribution in [0.15, 0.2) is 18.3 Å². The first kappa shape index (κ1) is 19.8. The van der Waals surface area contributed by atoms with E-state index in [1.807, 2.05) is 30.9 Å². The molecule has 3 heterocycles. The van der Waals surface area contributed by atoms with Crippen molar-refractivity contribution in [3.05, 3.63) is 23.9 Å². The molecule has 3 rings (SSSR count). The Kier molecular flexibility index (Phi) is 6.47. The number of aryl methyl sites for hydroxylation is 1. The van der Waals surface area contributed by atoms with Gasteiger partial charge in [0, 0.05) is 25.2 Å². The SMILES string of the molecule is Cc1ccc(NC(=O)C2CCN(C(C)C(=O)N3CCC(C)CC3)CC2)nc1. The van der Waals surface area contributed by atoms with Crippen LogP contribution in [0.2, 0.25) is 0 Å². The number of piperidine rings is 2. The summed E-state index contributed by atoms with van der Waals surface area (Å²) in [5.74, 6) is 1.60. The lowest BCUT2D eigenvalue weighted by Crippen LogP contribution is -2.52. The fraction of sp³-hybridized carbons (Fsp3) is 0.667. The van der Waals surface area contributed by atoms with Gasteiger partial charge < -0.3 is 10.2 Å². The molecule has 6 nitrogen and oxygen atoms in total. The van der Waals surface area contributed by atoms with Crippen LogP contribution in [0.4, 0.5) is 5.82 Å². The van der Waals surface area contributed by atoms with Crippen LogP contribution in [0.25, 0.3) is 0 Å². The second-order valence-corrected chi connectivity index (χ2v) is 8.20. The van der Waals surface area contributed by atoms with Gasteiger partial charge in [-0.15, -0.1) is 0 Å². The largest absolute Gasteiger partial charge is 0.341 e. The van der Waals surface area contributed by atoms with Crippen molar-refractivity contribution in [3.63, 3.8) is 0 Å². The number of likely N-dealkylation sites (tertiary alicyclic amines) is 2. The maximum Gasteiger partial charge on any atom is 0.239 e. The highest BCUT2D eigenvalue weighted by Gasteiger charge is 2.32. The van der Waals surface area contributed by atoms with Gasteiger partial charge in [0.15, 0.2) is 0 Å². The highest BCUT2D eigenvalue weighted by Crippen LogP contribution is 2.23. The molecule has 0 spiro atoms. The van der Waals surface area contributed by atoms with Crippen LogP contribution in [0, 0.1) is 18.8 Å². The number of carbonyl (C=O) groups excluding carboxylic acids is 2. The average Bonchev–Trinajstić information content (AvgIpc) is 2.69. The molecule has 6 heteroatoms. The molecule has 148 valence electrons. The maximum absolute atomic E-state index is 12.8. The van der Waals surface area contributed by atoms with Crippen molar-refractivity contribution in [2.24, 2.45) is 11.8 Å². The summed E-state index contributed by atoms with van der Waals surface area (Å²) in [6.45, 7) is 9.58. The lowest BCUT2D eigenvalue weighted by molar-refractivity contribution is -0.138. The van der Waals surface area contributed by atoms with Crippen molar-refractivity contribution in [3.8, 4) is 0 Å². The number of hydrogen-bond donors (Lipinski definition) is 1. The summed E-state index contributed by atoms with van der Waals surface area (Å²) in [5.41, 5.74) is 1.07. The number of hydrogen-bond acceptors (Lipinski definition) is 4. The Hall–Kier alpha value is -1.95. The van der Waals surface area contributed by atoms with E-state index in [4.69, 9.17) is 0 Å². The first-order valence-electron chi connectivity index (χ1n) is 10.2. The summed E-state index contributed by atoms with van der Waals surface area (Å²) in [6, 6.07) is 3.68. The number of nitrogens with one attached hydrogen (secondary N) is 1. The number of amides is 2. The molecule has 1 aromatic rings. The lowest BCUT2D eigenvalue weighted by Gasteiger charge is -2.38. The Labute approximate surface area is 162 Å². The van der Waals surface area contributed by atoms with Gasteiger partial charge in [-0.25, -0.2) is 4.98 Å². The summed E-state index contributed by atoms with van der Waals surface area (Å²) in [5, 5.41) is 2.92. The molecule has 2 aliphatic heterocycles. The number of nitrogens with zero attached hydrogens (tertiary/aromatic N) is 3. The molecule has 1 atom stereocenters. The molecule has 2 aliphatic rings. The molecule has 1 N–H and O–H groups in total. The van der Waals surface area contributed by atoms with Crippen molar-refractivity contribution in [2.75, 3.05) is 31.5 Å². The first-order chi connectivity index (χ1) is 12.9. The quantitative estimate of drug-likeness (QED) is 0.882. The van der Waals surface area contributed by atoms with E-state index in [0.29, 0.717) is 5.82 Å². The van der Waals surface area contributed by atoms with Gasteiger partial charge in [-0.3, -0.25) is 14.5 Å². The third-order valence-electron chi connectivity index (χ3n) is 6.06. The van der Waals surface area contributed by atoms with E-state index >= 15 is 0 Å². The second-order valence-electron chi connectivity index (χ2n) is 8.20. The summed E-state index contributed by atoms with van der Waals surface area (Å²) in [6.07, 6.45) is 5.53. The van der Waals surface area contributed by atoms with Crippen LogP contribution >= 0.6 is 0 Å². The summed E-state index contributed by atoms with van der Waals surface area (Å²) in [7, 11) is 0. The predicted octanol–water partition coefficient (Wildman–Crippen LogP) is 2.69. The minimum absolute atomic E-state index is 0.0116. The minimum Gasteiger partial charge on any atom is -0.341 e. The molecule has 1 unspecified atom stereocenters. The molecule has 2 fully saturated rings. The summed E-state index contributed by atoms with van der Waals surface area (Å²) in [4.78, 5) is 33.8. The zero-order chi connectivity index (χ0) is 19.4. The zero-order valence-electron chi connectivity index (χ0n) is 16.8. The van der Waals surface area contributed by atoms with Gasteiger partial charge in [0.05, 0.1) is 6.04 Å². The lowest BCUT2D eigenvalue weighted by atomic mass is 9.94. The van der Waals surface area contributed by atoms with Crippen molar-refractivity contribution in [1.82, 2.24) is 14.8 Å². The number of carbonyl (C=O) groups is 2. The normalized spacial score (nSPS) is 21.1. The Morgan fingerprint density at radius 1 is 1.11 bits per heavy atom. The fourth-order valence-corrected chi connectivity index (χ4v) is 3.97. The third kappa shape index (κ3) is 5.06. The summed E-state index contributed by atoms with van der Waals surface area (Å²) >= 11 is 0. The van der Waals surface area contributed by atoms with Gasteiger partial charge in [-0.1, -0.05) is 13.0 Å². The van der Waals surface area contributed by atoms with E-state index < -0.39 is 0 Å². The monoisotopic (exact) mass is 372 g/mol. The van der Waals surface area contributed by atoms with E-state index in [2.05, 4.69) is 22.1 Å². The number of anilines is 1. The molecular weight excluding hydrogens is 340 g/mol. The molecule has 2 saturated heterocycles. The summed E-state index contributed by atoms with van der Waals surface area (Å²) < 4.78 is 0. The van der Waals surface area contributed by atoms with E-state index in [-0.39, 0.29) is 23.8 Å². The van der Waals surface area contributed by atoms with Crippen molar-refractivity contribution in [2.45, 2.75) is 52.5 Å². The Balaban J connectivity index is 1.47. The fourth-order valence-electron chi connectivity index (χ4n) is 3.97. The highest BCUT2D eigenvalue weighted by atomic mass is 16.2. The number of aromatic nitrogens is 1. The number of pyridine rings is 1. The Morgan fingerprint density at radius 2 is 1.78 bits per heavy atom. The predicted molar refractivity (Wildman–Crippen MR) is 106 cm³/mol. The van der Waals surface area contributed by atoms with Crippen LogP contribution in [0.5, 0.6) is 0 Å². The molecule has 0 radical (unpaired) electrons. The molecular formula is C21H32N4O2. The number of rotatable bonds is 4. The van der Waals surface area contributed by atoms with E-state index in [9.17, 15) is 9.59 Å². The Morgan fingerprint density at radius 3 is 2.37 bits per heavy atom. The van der Waals surface area contributed by atoms with Gasteiger partial charge >= 0.3 is 0 Å². The van der Waals surface area contributed by atoms with E-state index in [0.717, 1.165) is 63.3 Å². The first-order valence-corrected chi connectivity index (χ1v) is 10.2. The molecule has 0 aliphatic carbocycles. The van der Waals surface area contributed by atoms with Crippen LogP contribution in [0.3, 0.4) is 0 Å². The molecule has 1 aromatic heterocycles. The second kappa shape index (κ2) is 8.83. The van der Waals surface area contributed by atoms with Crippen molar-refractivity contribution < 1.29 is 9.59 Å². The molecule has 2 amide bonds. The Bertz CT molecular complexity index is 645. The van der Waals surface area contributed by atoms with Crippen molar-refractivity contribution in [1.29, 1.82) is 0 Å². The van der Waals surface area contributed by atoms with Gasteiger partial charge in [0.2, 0.25) is 11.8 Å². The van der Waals surface area contributed by atoms with Gasteiger partial charge in [-0.05, 0) is 70.2 Å². The van der Waals surface area contributed by atoms with E-state index in [1.165, 1.54) is 0 Å². The van der Waals surface area contributed by atoms with Crippen LogP contribution < -0.4 is 5.32 Å². The molecule has 0 bridgehead atoms. The van der Waals surface area contributed by atoms with Crippen LogP contribution in [0.1, 0.15) is 45.1 Å². The van der Waals surface area contributed by atoms with Crippen LogP contribution in [-0.4, -0.2) is 58.8 Å². The van der Waals surface area contributed by atoms with E-state index in [1.54, 1.807) is 6.20 Å².